The van der Waals surface area contributed by atoms with Crippen LogP contribution in [-0.4, -0.2) is 12.2 Å². The van der Waals surface area contributed by atoms with Gasteiger partial charge in [-0.05, 0) is 70.1 Å². The van der Waals surface area contributed by atoms with Crippen molar-refractivity contribution < 1.29 is 17.9 Å². The second-order valence-electron chi connectivity index (χ2n) is 8.76. The fraction of sp³-hybridized carbons (Fsp3) is 0.760. The molecule has 4 heteroatoms. The lowest BCUT2D eigenvalue weighted by atomic mass is 9.82. The van der Waals surface area contributed by atoms with Crippen molar-refractivity contribution in [1.29, 1.82) is 0 Å². The summed E-state index contributed by atoms with van der Waals surface area (Å²) >= 11 is 0. The van der Waals surface area contributed by atoms with E-state index in [1.165, 1.54) is 44.9 Å². The predicted octanol–water partition coefficient (Wildman–Crippen LogP) is 8.39. The Kier molecular flexibility index (Phi) is 12.6. The van der Waals surface area contributed by atoms with Crippen molar-refractivity contribution in [2.24, 2.45) is 5.92 Å². The quantitative estimate of drug-likeness (QED) is 0.195. The van der Waals surface area contributed by atoms with Crippen LogP contribution in [0, 0.1) is 23.4 Å². The Morgan fingerprint density at radius 3 is 1.86 bits per heavy atom. The van der Waals surface area contributed by atoms with Crippen LogP contribution in [0.1, 0.15) is 104 Å². The van der Waals surface area contributed by atoms with Gasteiger partial charge in [-0.3, -0.25) is 0 Å². The first-order chi connectivity index (χ1) is 13.8. The third-order valence-electron chi connectivity index (χ3n) is 5.97. The van der Waals surface area contributed by atoms with E-state index >= 15 is 0 Å². The fourth-order valence-electron chi connectivity index (χ4n) is 4.15. The molecule has 0 aromatic heterocycles. The molecule has 0 heterocycles. The largest absolute Gasteiger partial charge is 0.376 e. The monoisotopic (exact) mass is 414 g/mol. The van der Waals surface area contributed by atoms with E-state index in [0.29, 0.717) is 17.9 Å². The van der Waals surface area contributed by atoms with Crippen LogP contribution in [0.5, 0.6) is 0 Å². The lowest BCUT2D eigenvalue weighted by Crippen LogP contribution is -2.34. The Labute approximate surface area is 176 Å². The van der Waals surface area contributed by atoms with Crippen molar-refractivity contribution in [3.63, 3.8) is 0 Å². The molecule has 0 saturated heterocycles. The van der Waals surface area contributed by atoms with E-state index in [4.69, 9.17) is 4.74 Å². The number of benzene rings is 1. The minimum Gasteiger partial charge on any atom is -0.376 e. The third kappa shape index (κ3) is 10.0. The summed E-state index contributed by atoms with van der Waals surface area (Å²) in [5.74, 6) is -3.06. The third-order valence-corrected chi connectivity index (χ3v) is 5.97. The van der Waals surface area contributed by atoms with E-state index in [0.717, 1.165) is 44.4 Å². The Balaban J connectivity index is 2.40. The van der Waals surface area contributed by atoms with Crippen molar-refractivity contribution in [2.75, 3.05) is 6.61 Å². The van der Waals surface area contributed by atoms with Gasteiger partial charge in [0, 0.05) is 6.61 Å². The highest BCUT2D eigenvalue weighted by Gasteiger charge is 2.29. The van der Waals surface area contributed by atoms with E-state index in [1.807, 2.05) is 6.92 Å². The molecule has 1 aromatic rings. The molecule has 0 fully saturated rings. The highest BCUT2D eigenvalue weighted by atomic mass is 19.2. The van der Waals surface area contributed by atoms with Crippen molar-refractivity contribution in [3.8, 4) is 0 Å². The molecule has 1 aromatic carbocycles. The highest BCUT2D eigenvalue weighted by molar-refractivity contribution is 5.19. The molecule has 168 valence electrons. The van der Waals surface area contributed by atoms with Crippen LogP contribution in [0.15, 0.2) is 12.1 Å². The van der Waals surface area contributed by atoms with Crippen LogP contribution in [0.2, 0.25) is 0 Å². The van der Waals surface area contributed by atoms with E-state index in [1.54, 1.807) is 0 Å². The topological polar surface area (TPSA) is 9.23 Å². The Morgan fingerprint density at radius 2 is 1.31 bits per heavy atom. The van der Waals surface area contributed by atoms with Gasteiger partial charge >= 0.3 is 0 Å². The first-order valence-corrected chi connectivity index (χ1v) is 11.6. The lowest BCUT2D eigenvalue weighted by Gasteiger charge is -2.34. The van der Waals surface area contributed by atoms with E-state index in [2.05, 4.69) is 20.8 Å². The number of aryl methyl sites for hydroxylation is 1. The van der Waals surface area contributed by atoms with Crippen LogP contribution >= 0.6 is 0 Å². The highest BCUT2D eigenvalue weighted by Crippen LogP contribution is 2.31. The van der Waals surface area contributed by atoms with Gasteiger partial charge in [-0.1, -0.05) is 58.3 Å². The normalized spacial score (nSPS) is 13.1. The molecule has 0 aliphatic carbocycles. The van der Waals surface area contributed by atoms with Gasteiger partial charge in [0.15, 0.2) is 17.5 Å². The molecule has 0 amide bonds. The molecule has 0 radical (unpaired) electrons. The molecule has 0 bridgehead atoms. The fourth-order valence-corrected chi connectivity index (χ4v) is 4.15. The van der Waals surface area contributed by atoms with Crippen molar-refractivity contribution in [1.82, 2.24) is 0 Å². The molecule has 1 atom stereocenters. The zero-order valence-corrected chi connectivity index (χ0v) is 19.0. The van der Waals surface area contributed by atoms with Gasteiger partial charge in [0.25, 0.3) is 0 Å². The smallest absolute Gasteiger partial charge is 0.194 e. The first-order valence-electron chi connectivity index (χ1n) is 11.6. The van der Waals surface area contributed by atoms with Crippen LogP contribution in [0.25, 0.3) is 0 Å². The molecular weight excluding hydrogens is 373 g/mol. The Morgan fingerprint density at radius 1 is 0.793 bits per heavy atom. The molecule has 1 unspecified atom stereocenters. The summed E-state index contributed by atoms with van der Waals surface area (Å²) in [4.78, 5) is 0. The molecule has 0 aliphatic heterocycles. The van der Waals surface area contributed by atoms with Gasteiger partial charge in [-0.15, -0.1) is 0 Å². The summed E-state index contributed by atoms with van der Waals surface area (Å²) in [6.45, 7) is 9.40. The van der Waals surface area contributed by atoms with E-state index in [9.17, 15) is 13.2 Å². The summed E-state index contributed by atoms with van der Waals surface area (Å²) < 4.78 is 45.7. The number of hydrogen-bond acceptors (Lipinski definition) is 1. The number of hydrogen-bond donors (Lipinski definition) is 0. The average Bonchev–Trinajstić information content (AvgIpc) is 2.66. The van der Waals surface area contributed by atoms with Crippen LogP contribution in [-0.2, 0) is 11.2 Å². The first kappa shape index (κ1) is 26.0. The number of rotatable bonds is 16. The minimum atomic E-state index is -1.38. The SMILES string of the molecule is CCCCCCCCC(CCCCCc1cc(F)c(F)c(F)c1)C(C)(C)OCC. The molecule has 1 nitrogen and oxygen atoms in total. The molecule has 0 spiro atoms. The van der Waals surface area contributed by atoms with Crippen molar-refractivity contribution >= 4 is 0 Å². The molecule has 29 heavy (non-hydrogen) atoms. The summed E-state index contributed by atoms with van der Waals surface area (Å²) in [6, 6.07) is 2.22. The predicted molar refractivity (Wildman–Crippen MR) is 116 cm³/mol. The number of halogens is 3. The van der Waals surface area contributed by atoms with Gasteiger partial charge in [0.05, 0.1) is 5.60 Å². The second-order valence-corrected chi connectivity index (χ2v) is 8.76. The lowest BCUT2D eigenvalue weighted by molar-refractivity contribution is -0.0605. The zero-order chi connectivity index (χ0) is 21.7. The molecule has 0 N–H and O–H groups in total. The van der Waals surface area contributed by atoms with Crippen LogP contribution in [0.3, 0.4) is 0 Å². The maximum Gasteiger partial charge on any atom is 0.194 e. The standard InChI is InChI=1S/C25H41F3O/c1-5-7-8-9-10-13-16-21(25(3,4)29-6-2)17-14-11-12-15-20-18-22(26)24(28)23(27)19-20/h18-19,21H,5-17H2,1-4H3. The Bertz CT molecular complexity index is 548. The van der Waals surface area contributed by atoms with Gasteiger partial charge in [-0.2, -0.15) is 0 Å². The Hall–Kier alpha value is -1.03. The minimum absolute atomic E-state index is 0.124. The van der Waals surface area contributed by atoms with Crippen LogP contribution in [0.4, 0.5) is 13.2 Å². The molecule has 0 saturated carbocycles. The van der Waals surface area contributed by atoms with Crippen LogP contribution < -0.4 is 0 Å². The maximum atomic E-state index is 13.3. The molecular formula is C25H41F3O. The van der Waals surface area contributed by atoms with Crippen molar-refractivity contribution in [2.45, 2.75) is 110 Å². The summed E-state index contributed by atoms with van der Waals surface area (Å²) in [6.07, 6.45) is 13.6. The van der Waals surface area contributed by atoms with Crippen molar-refractivity contribution in [3.05, 3.63) is 35.1 Å². The summed E-state index contributed by atoms with van der Waals surface area (Å²) in [5.41, 5.74) is 0.404. The van der Waals surface area contributed by atoms with E-state index in [-0.39, 0.29) is 5.60 Å². The number of unbranched alkanes of at least 4 members (excludes halogenated alkanes) is 7. The van der Waals surface area contributed by atoms with Gasteiger partial charge in [0.1, 0.15) is 0 Å². The van der Waals surface area contributed by atoms with Gasteiger partial charge < -0.3 is 4.74 Å². The zero-order valence-electron chi connectivity index (χ0n) is 19.0. The summed E-state index contributed by atoms with van der Waals surface area (Å²) in [7, 11) is 0. The van der Waals surface area contributed by atoms with Gasteiger partial charge in [0.2, 0.25) is 0 Å². The maximum absolute atomic E-state index is 13.3. The van der Waals surface area contributed by atoms with E-state index < -0.39 is 17.5 Å². The summed E-state index contributed by atoms with van der Waals surface area (Å²) in [5, 5.41) is 0. The van der Waals surface area contributed by atoms with Gasteiger partial charge in [-0.25, -0.2) is 13.2 Å². The number of ether oxygens (including phenoxy) is 1. The molecule has 1 rings (SSSR count). The average molecular weight is 415 g/mol. The second kappa shape index (κ2) is 14.1. The molecule has 0 aliphatic rings.